The zero-order chi connectivity index (χ0) is 9.97. The molecule has 1 saturated heterocycles. The van der Waals surface area contributed by atoms with Crippen molar-refractivity contribution in [1.82, 2.24) is 9.80 Å². The molecule has 0 bridgehead atoms. The number of hydrazine groups is 1. The Hall–Kier alpha value is -0.490. The molecule has 3 N–H and O–H groups in total. The number of hydrogen-bond acceptors (Lipinski definition) is 5. The molecule has 0 aromatic carbocycles. The van der Waals surface area contributed by atoms with E-state index < -0.39 is 0 Å². The van der Waals surface area contributed by atoms with E-state index in [0.717, 1.165) is 18.5 Å². The third-order valence-electron chi connectivity index (χ3n) is 2.59. The van der Waals surface area contributed by atoms with Gasteiger partial charge >= 0.3 is 0 Å². The third-order valence-corrected chi connectivity index (χ3v) is 3.17. The number of ether oxygens (including phenoxy) is 1. The lowest BCUT2D eigenvalue weighted by atomic mass is 10.1. The molecule has 1 fully saturated rings. The van der Waals surface area contributed by atoms with Crippen LogP contribution in [0.25, 0.3) is 0 Å². The van der Waals surface area contributed by atoms with Gasteiger partial charge in [-0.1, -0.05) is 0 Å². The normalized spacial score (nSPS) is 29.3. The second-order valence-electron chi connectivity index (χ2n) is 3.63. The van der Waals surface area contributed by atoms with Crippen molar-refractivity contribution in [1.29, 1.82) is 0 Å². The maximum absolute atomic E-state index is 5.76. The van der Waals surface area contributed by atoms with Crippen molar-refractivity contribution in [3.8, 4) is 0 Å². The fourth-order valence-corrected chi connectivity index (χ4v) is 2.40. The molecular formula is C9H15N3OS. The van der Waals surface area contributed by atoms with Gasteiger partial charge in [-0.15, -0.1) is 0 Å². The molecule has 2 heterocycles. The molecule has 14 heavy (non-hydrogen) atoms. The topological polar surface area (TPSA) is 60.2 Å². The zero-order valence-electron chi connectivity index (χ0n) is 8.14. The maximum atomic E-state index is 5.76. The van der Waals surface area contributed by atoms with Crippen molar-refractivity contribution in [2.24, 2.45) is 5.84 Å². The minimum atomic E-state index is 0.0335. The van der Waals surface area contributed by atoms with Gasteiger partial charge in [-0.25, -0.2) is 5.43 Å². The Bertz CT molecular complexity index is 278. The van der Waals surface area contributed by atoms with Crippen LogP contribution in [-0.2, 0) is 4.74 Å². The molecule has 78 valence electrons. The molecule has 5 heteroatoms. The quantitative estimate of drug-likeness (QED) is 0.585. The fourth-order valence-electron chi connectivity index (χ4n) is 1.84. The predicted molar refractivity (Wildman–Crippen MR) is 55.7 cm³/mol. The lowest BCUT2D eigenvalue weighted by molar-refractivity contribution is 0.0309. The van der Waals surface area contributed by atoms with Crippen molar-refractivity contribution in [3.05, 3.63) is 17.1 Å². The lowest BCUT2D eigenvalue weighted by Crippen LogP contribution is -2.36. The van der Waals surface area contributed by atoms with E-state index in [9.17, 15) is 0 Å². The molecule has 1 aliphatic rings. The molecule has 0 radical (unpaired) electrons. The number of hydrogen-bond donors (Lipinski definition) is 2. The molecule has 3 unspecified atom stereocenters. The largest absolute Gasteiger partial charge is 0.373 e. The van der Waals surface area contributed by atoms with Crippen LogP contribution in [0.5, 0.6) is 0 Å². The SMILES string of the molecule is CC1CCC(C(NN)c2ccsn2)O1. The van der Waals surface area contributed by atoms with E-state index in [2.05, 4.69) is 16.7 Å². The Morgan fingerprint density at radius 3 is 3.07 bits per heavy atom. The maximum Gasteiger partial charge on any atom is 0.0904 e. The second-order valence-corrected chi connectivity index (χ2v) is 4.30. The molecule has 2 rings (SSSR count). The smallest absolute Gasteiger partial charge is 0.0904 e. The minimum absolute atomic E-state index is 0.0335. The van der Waals surface area contributed by atoms with E-state index in [1.807, 2.05) is 11.4 Å². The number of aromatic nitrogens is 1. The Labute approximate surface area is 87.6 Å². The summed E-state index contributed by atoms with van der Waals surface area (Å²) in [5.41, 5.74) is 3.77. The summed E-state index contributed by atoms with van der Waals surface area (Å²) in [6, 6.07) is 2.02. The van der Waals surface area contributed by atoms with Crippen molar-refractivity contribution in [2.75, 3.05) is 0 Å². The summed E-state index contributed by atoms with van der Waals surface area (Å²) in [7, 11) is 0. The van der Waals surface area contributed by atoms with Crippen LogP contribution in [0, 0.1) is 0 Å². The second kappa shape index (κ2) is 4.35. The van der Waals surface area contributed by atoms with Crippen LogP contribution in [0.4, 0.5) is 0 Å². The van der Waals surface area contributed by atoms with Crippen molar-refractivity contribution < 1.29 is 4.74 Å². The van der Waals surface area contributed by atoms with Crippen molar-refractivity contribution >= 4 is 11.5 Å². The van der Waals surface area contributed by atoms with Crippen molar-refractivity contribution in [3.63, 3.8) is 0 Å². The Kier molecular flexibility index (Phi) is 3.12. The summed E-state index contributed by atoms with van der Waals surface area (Å²) >= 11 is 1.44. The minimum Gasteiger partial charge on any atom is -0.373 e. The van der Waals surface area contributed by atoms with Gasteiger partial charge in [0.1, 0.15) is 0 Å². The van der Waals surface area contributed by atoms with E-state index in [4.69, 9.17) is 10.6 Å². The molecule has 0 saturated carbocycles. The monoisotopic (exact) mass is 213 g/mol. The van der Waals surface area contributed by atoms with E-state index in [1.54, 1.807) is 0 Å². The van der Waals surface area contributed by atoms with Gasteiger partial charge in [-0.05, 0) is 37.4 Å². The number of nitrogens with two attached hydrogens (primary N) is 1. The summed E-state index contributed by atoms with van der Waals surface area (Å²) in [6.45, 7) is 2.09. The number of rotatable bonds is 3. The molecule has 3 atom stereocenters. The van der Waals surface area contributed by atoms with Gasteiger partial charge in [-0.3, -0.25) is 5.84 Å². The summed E-state index contributed by atoms with van der Waals surface area (Å²) in [6.07, 6.45) is 2.66. The highest BCUT2D eigenvalue weighted by molar-refractivity contribution is 7.03. The summed E-state index contributed by atoms with van der Waals surface area (Å²) < 4.78 is 10.0. The first-order valence-corrected chi connectivity index (χ1v) is 5.67. The predicted octanol–water partition coefficient (Wildman–Crippen LogP) is 1.21. The van der Waals surface area contributed by atoms with Gasteiger partial charge in [0.25, 0.3) is 0 Å². The first-order chi connectivity index (χ1) is 6.81. The Morgan fingerprint density at radius 2 is 2.57 bits per heavy atom. The number of nitrogens with one attached hydrogen (secondary N) is 1. The van der Waals surface area contributed by atoms with Gasteiger partial charge < -0.3 is 4.74 Å². The van der Waals surface area contributed by atoms with Gasteiger partial charge in [0.05, 0.1) is 23.9 Å². The van der Waals surface area contributed by atoms with E-state index in [-0.39, 0.29) is 12.1 Å². The standard InChI is InChI=1S/C9H15N3OS/c1-6-2-3-8(13-6)9(11-10)7-4-5-14-12-7/h4-6,8-9,11H,2-3,10H2,1H3. The molecule has 1 aromatic heterocycles. The van der Waals surface area contributed by atoms with Gasteiger partial charge in [0.2, 0.25) is 0 Å². The Morgan fingerprint density at radius 1 is 1.71 bits per heavy atom. The molecule has 0 spiro atoms. The van der Waals surface area contributed by atoms with Crippen LogP contribution in [0.3, 0.4) is 0 Å². The fraction of sp³-hybridized carbons (Fsp3) is 0.667. The molecule has 0 aliphatic carbocycles. The van der Waals surface area contributed by atoms with Crippen LogP contribution in [0.15, 0.2) is 11.4 Å². The highest BCUT2D eigenvalue weighted by Gasteiger charge is 2.30. The Balaban J connectivity index is 2.07. The molecular weight excluding hydrogens is 198 g/mol. The average Bonchev–Trinajstić information content (AvgIpc) is 2.79. The summed E-state index contributed by atoms with van der Waals surface area (Å²) in [4.78, 5) is 0. The van der Waals surface area contributed by atoms with Crippen LogP contribution in [-0.4, -0.2) is 16.6 Å². The van der Waals surface area contributed by atoms with E-state index in [1.165, 1.54) is 11.5 Å². The first kappa shape index (κ1) is 10.0. The van der Waals surface area contributed by atoms with Crippen LogP contribution >= 0.6 is 11.5 Å². The first-order valence-electron chi connectivity index (χ1n) is 4.83. The van der Waals surface area contributed by atoms with Crippen LogP contribution in [0.2, 0.25) is 0 Å². The van der Waals surface area contributed by atoms with Crippen LogP contribution < -0.4 is 11.3 Å². The average molecular weight is 213 g/mol. The van der Waals surface area contributed by atoms with E-state index >= 15 is 0 Å². The summed E-state index contributed by atoms with van der Waals surface area (Å²) in [5.74, 6) is 5.52. The van der Waals surface area contributed by atoms with Gasteiger partial charge in [-0.2, -0.15) is 4.37 Å². The lowest BCUT2D eigenvalue weighted by Gasteiger charge is -2.20. The van der Waals surface area contributed by atoms with Crippen LogP contribution in [0.1, 0.15) is 31.5 Å². The molecule has 0 amide bonds. The zero-order valence-corrected chi connectivity index (χ0v) is 8.96. The molecule has 1 aromatic rings. The van der Waals surface area contributed by atoms with Gasteiger partial charge in [0, 0.05) is 5.38 Å². The number of nitrogens with zero attached hydrogens (tertiary/aromatic N) is 1. The highest BCUT2D eigenvalue weighted by atomic mass is 32.1. The van der Waals surface area contributed by atoms with Gasteiger partial charge in [0.15, 0.2) is 0 Å². The summed E-state index contributed by atoms with van der Waals surface area (Å²) in [5, 5.41) is 1.96. The molecule has 1 aliphatic heterocycles. The van der Waals surface area contributed by atoms with Crippen molar-refractivity contribution in [2.45, 2.75) is 38.0 Å². The highest BCUT2D eigenvalue weighted by Crippen LogP contribution is 2.29. The van der Waals surface area contributed by atoms with E-state index in [0.29, 0.717) is 6.10 Å². The molecule has 4 nitrogen and oxygen atoms in total. The third kappa shape index (κ3) is 1.95.